The molecule has 1 aromatic carbocycles. The zero-order chi connectivity index (χ0) is 10.7. The predicted octanol–water partition coefficient (Wildman–Crippen LogP) is -1.45. The summed E-state index contributed by atoms with van der Waals surface area (Å²) in [6.45, 7) is 0. The third-order valence-electron chi connectivity index (χ3n) is 1.89. The third kappa shape index (κ3) is 2.19. The summed E-state index contributed by atoms with van der Waals surface area (Å²) in [5, 5.41) is 2.47. The van der Waals surface area contributed by atoms with E-state index in [1.54, 1.807) is 24.3 Å². The number of hydrazine groups is 1. The molecule has 0 atom stereocenters. The Balaban J connectivity index is 2.02. The van der Waals surface area contributed by atoms with Crippen molar-refractivity contribution < 1.29 is 19.4 Å². The first kappa shape index (κ1) is 9.39. The first-order valence-electron chi connectivity index (χ1n) is 4.43. The van der Waals surface area contributed by atoms with Crippen molar-refractivity contribution >= 4 is 17.6 Å². The van der Waals surface area contributed by atoms with Crippen molar-refractivity contribution in [1.82, 2.24) is 5.43 Å². The number of amides is 1. The molecule has 1 amide bonds. The zero-order valence-corrected chi connectivity index (χ0v) is 7.82. The Hall–Kier alpha value is -2.17. The van der Waals surface area contributed by atoms with Gasteiger partial charge in [0, 0.05) is 0 Å². The first-order chi connectivity index (χ1) is 7.25. The van der Waals surface area contributed by atoms with Crippen LogP contribution in [0.4, 0.5) is 0 Å². The number of para-hydroxylation sites is 1. The van der Waals surface area contributed by atoms with E-state index in [9.17, 15) is 9.59 Å². The first-order valence-corrected chi connectivity index (χ1v) is 4.43. The monoisotopic (exact) mass is 205 g/mol. The van der Waals surface area contributed by atoms with Crippen LogP contribution < -0.4 is 15.3 Å². The van der Waals surface area contributed by atoms with Crippen LogP contribution in [0.1, 0.15) is 6.42 Å². The fourth-order valence-electron chi connectivity index (χ4n) is 1.17. The Bertz CT molecular complexity index is 426. The minimum Gasteiger partial charge on any atom is -0.419 e. The molecule has 1 aromatic rings. The molecule has 1 aliphatic rings. The summed E-state index contributed by atoms with van der Waals surface area (Å²) in [5.74, 6) is -0.328. The predicted molar refractivity (Wildman–Crippen MR) is 50.8 cm³/mol. The second kappa shape index (κ2) is 3.91. The summed E-state index contributed by atoms with van der Waals surface area (Å²) in [5.41, 5.74) is 2.54. The maximum atomic E-state index is 11.4. The van der Waals surface area contributed by atoms with Crippen molar-refractivity contribution in [2.75, 3.05) is 0 Å². The number of carbonyl (C=O) groups is 2. The molecule has 5 nitrogen and oxygen atoms in total. The number of benzene rings is 1. The van der Waals surface area contributed by atoms with E-state index in [-0.39, 0.29) is 18.0 Å². The van der Waals surface area contributed by atoms with Crippen LogP contribution in [0.2, 0.25) is 0 Å². The molecule has 2 rings (SSSR count). The standard InChI is InChI=1S/C10H8N2O3/c13-9-6-8(11-12-9)10(14)15-7-4-2-1-3-5-7/h1-5H,6H2,(H,12,13)/p+1. The topological polar surface area (TPSA) is 69.4 Å². The molecule has 0 fully saturated rings. The van der Waals surface area contributed by atoms with Crippen LogP contribution in [-0.4, -0.2) is 17.6 Å². The summed E-state index contributed by atoms with van der Waals surface area (Å²) in [6, 6.07) is 8.69. The SMILES string of the molecule is O=C1CC(C(=O)Oc2ccccc2)=[NH+]N1. The van der Waals surface area contributed by atoms with Gasteiger partial charge in [0.05, 0.1) is 0 Å². The van der Waals surface area contributed by atoms with E-state index in [1.807, 2.05) is 6.07 Å². The van der Waals surface area contributed by atoms with Crippen molar-refractivity contribution in [2.45, 2.75) is 6.42 Å². The number of rotatable bonds is 2. The summed E-state index contributed by atoms with van der Waals surface area (Å²) < 4.78 is 5.02. The molecule has 5 heteroatoms. The van der Waals surface area contributed by atoms with E-state index < -0.39 is 5.97 Å². The quantitative estimate of drug-likeness (QED) is 0.458. The van der Waals surface area contributed by atoms with Crippen LogP contribution in [0.15, 0.2) is 30.3 Å². The highest BCUT2D eigenvalue weighted by atomic mass is 16.5. The number of hydrazone groups is 1. The summed E-state index contributed by atoms with van der Waals surface area (Å²) in [6.07, 6.45) is 0.0334. The van der Waals surface area contributed by atoms with E-state index in [1.165, 1.54) is 0 Å². The molecule has 1 aliphatic heterocycles. The lowest BCUT2D eigenvalue weighted by molar-refractivity contribution is -0.503. The van der Waals surface area contributed by atoms with Crippen molar-refractivity contribution in [2.24, 2.45) is 0 Å². The van der Waals surface area contributed by atoms with Crippen molar-refractivity contribution in [3.63, 3.8) is 0 Å². The molecule has 0 radical (unpaired) electrons. The van der Waals surface area contributed by atoms with Crippen LogP contribution in [0, 0.1) is 0 Å². The van der Waals surface area contributed by atoms with Gasteiger partial charge >= 0.3 is 5.97 Å². The molecular weight excluding hydrogens is 196 g/mol. The van der Waals surface area contributed by atoms with E-state index in [4.69, 9.17) is 4.74 Å². The highest BCUT2D eigenvalue weighted by molar-refractivity contribution is 6.38. The van der Waals surface area contributed by atoms with Crippen molar-refractivity contribution in [3.8, 4) is 5.75 Å². The Labute approximate surface area is 85.7 Å². The molecule has 0 bridgehead atoms. The zero-order valence-electron chi connectivity index (χ0n) is 7.82. The molecule has 76 valence electrons. The van der Waals surface area contributed by atoms with Gasteiger partial charge in [-0.1, -0.05) is 18.2 Å². The molecule has 0 saturated carbocycles. The fourth-order valence-corrected chi connectivity index (χ4v) is 1.17. The van der Waals surface area contributed by atoms with Crippen LogP contribution in [-0.2, 0) is 9.59 Å². The molecule has 0 saturated heterocycles. The Morgan fingerprint density at radius 2 is 2.07 bits per heavy atom. The normalized spacial score (nSPS) is 14.4. The van der Waals surface area contributed by atoms with Crippen LogP contribution >= 0.6 is 0 Å². The number of ether oxygens (including phenoxy) is 1. The van der Waals surface area contributed by atoms with Gasteiger partial charge in [0.1, 0.15) is 12.2 Å². The minimum atomic E-state index is -0.542. The largest absolute Gasteiger partial charge is 0.419 e. The number of hydrogen-bond acceptors (Lipinski definition) is 3. The average molecular weight is 205 g/mol. The number of hydrogen-bond donors (Lipinski definition) is 2. The molecular formula is C10H9N2O3+. The maximum Gasteiger partial charge on any atom is 0.407 e. The Kier molecular flexibility index (Phi) is 2.45. The molecule has 0 aliphatic carbocycles. The van der Waals surface area contributed by atoms with Gasteiger partial charge in [-0.3, -0.25) is 4.79 Å². The lowest BCUT2D eigenvalue weighted by Gasteiger charge is -1.98. The second-order valence-corrected chi connectivity index (χ2v) is 3.03. The van der Waals surface area contributed by atoms with E-state index in [2.05, 4.69) is 10.5 Å². The second-order valence-electron chi connectivity index (χ2n) is 3.03. The van der Waals surface area contributed by atoms with E-state index in [0.29, 0.717) is 5.75 Å². The molecule has 0 unspecified atom stereocenters. The lowest BCUT2D eigenvalue weighted by Crippen LogP contribution is -2.81. The van der Waals surface area contributed by atoms with E-state index >= 15 is 0 Å². The summed E-state index contributed by atoms with van der Waals surface area (Å²) >= 11 is 0. The summed E-state index contributed by atoms with van der Waals surface area (Å²) in [7, 11) is 0. The highest BCUT2D eigenvalue weighted by Crippen LogP contribution is 2.08. The van der Waals surface area contributed by atoms with Gasteiger partial charge in [-0.2, -0.15) is 0 Å². The third-order valence-corrected chi connectivity index (χ3v) is 1.89. The highest BCUT2D eigenvalue weighted by Gasteiger charge is 2.29. The van der Waals surface area contributed by atoms with Crippen LogP contribution in [0.25, 0.3) is 0 Å². The van der Waals surface area contributed by atoms with Gasteiger partial charge < -0.3 is 4.74 Å². The van der Waals surface area contributed by atoms with Crippen molar-refractivity contribution in [1.29, 1.82) is 0 Å². The minimum absolute atomic E-state index is 0.0334. The van der Waals surface area contributed by atoms with Gasteiger partial charge in [0.2, 0.25) is 0 Å². The van der Waals surface area contributed by atoms with E-state index in [0.717, 1.165) is 0 Å². The maximum absolute atomic E-state index is 11.4. The average Bonchev–Trinajstić information content (AvgIpc) is 2.66. The molecule has 0 aromatic heterocycles. The number of carbonyl (C=O) groups excluding carboxylic acids is 2. The Morgan fingerprint density at radius 1 is 1.33 bits per heavy atom. The fraction of sp³-hybridized carbons (Fsp3) is 0.100. The molecule has 15 heavy (non-hydrogen) atoms. The van der Waals surface area contributed by atoms with Crippen molar-refractivity contribution in [3.05, 3.63) is 30.3 Å². The Morgan fingerprint density at radius 3 is 2.67 bits per heavy atom. The van der Waals surface area contributed by atoms with Crippen LogP contribution in [0.3, 0.4) is 0 Å². The molecule has 2 N–H and O–H groups in total. The lowest BCUT2D eigenvalue weighted by atomic mass is 10.3. The number of esters is 1. The smallest absolute Gasteiger partial charge is 0.407 e. The number of nitrogens with one attached hydrogen (secondary N) is 2. The van der Waals surface area contributed by atoms with Gasteiger partial charge in [0.25, 0.3) is 11.6 Å². The molecule has 1 heterocycles. The summed E-state index contributed by atoms with van der Waals surface area (Å²) in [4.78, 5) is 22.3. The van der Waals surface area contributed by atoms with Gasteiger partial charge in [-0.25, -0.2) is 4.79 Å². The van der Waals surface area contributed by atoms with Crippen LogP contribution in [0.5, 0.6) is 5.75 Å². The van der Waals surface area contributed by atoms with Gasteiger partial charge in [-0.15, -0.1) is 10.5 Å². The van der Waals surface area contributed by atoms with Gasteiger partial charge in [-0.05, 0) is 12.1 Å². The molecule has 0 spiro atoms. The van der Waals surface area contributed by atoms with Gasteiger partial charge in [0.15, 0.2) is 0 Å².